The van der Waals surface area contributed by atoms with Gasteiger partial charge in [0, 0.05) is 18.2 Å². The monoisotopic (exact) mass is 296 g/mol. The molecule has 0 fully saturated rings. The molecule has 2 nitrogen and oxygen atoms in total. The van der Waals surface area contributed by atoms with Crippen molar-refractivity contribution in [3.63, 3.8) is 0 Å². The molecule has 1 aromatic carbocycles. The van der Waals surface area contributed by atoms with Crippen LogP contribution in [-0.2, 0) is 18.6 Å². The van der Waals surface area contributed by atoms with Gasteiger partial charge in [0.2, 0.25) is 0 Å². The molecule has 0 spiro atoms. The van der Waals surface area contributed by atoms with Gasteiger partial charge in [0.05, 0.1) is 17.5 Å². The number of rotatable bonds is 3. The highest BCUT2D eigenvalue weighted by molar-refractivity contribution is 5.65. The Labute approximate surface area is 122 Å². The molecule has 0 unspecified atom stereocenters. The van der Waals surface area contributed by atoms with E-state index in [1.807, 2.05) is 7.05 Å². The van der Waals surface area contributed by atoms with Crippen LogP contribution < -0.4 is 0 Å². The maximum atomic E-state index is 12.6. The van der Waals surface area contributed by atoms with E-state index in [1.54, 1.807) is 10.9 Å². The van der Waals surface area contributed by atoms with Gasteiger partial charge in [-0.2, -0.15) is 18.3 Å². The fraction of sp³-hybridized carbons (Fsp3) is 0.438. The molecule has 5 heteroatoms. The van der Waals surface area contributed by atoms with E-state index in [4.69, 9.17) is 0 Å². The highest BCUT2D eigenvalue weighted by Gasteiger charge is 2.31. The predicted molar refractivity (Wildman–Crippen MR) is 77.0 cm³/mol. The number of hydrogen-bond donors (Lipinski definition) is 0. The Balaban J connectivity index is 2.50. The van der Waals surface area contributed by atoms with Crippen LogP contribution >= 0.6 is 0 Å². The van der Waals surface area contributed by atoms with E-state index in [9.17, 15) is 13.2 Å². The third kappa shape index (κ3) is 2.96. The van der Waals surface area contributed by atoms with E-state index in [-0.39, 0.29) is 5.41 Å². The Hall–Kier alpha value is -1.78. The van der Waals surface area contributed by atoms with Gasteiger partial charge in [0.25, 0.3) is 0 Å². The second-order valence-electron chi connectivity index (χ2n) is 5.84. The maximum absolute atomic E-state index is 12.6. The van der Waals surface area contributed by atoms with Crippen molar-refractivity contribution in [1.29, 1.82) is 0 Å². The number of benzene rings is 1. The summed E-state index contributed by atoms with van der Waals surface area (Å²) < 4.78 is 39.7. The van der Waals surface area contributed by atoms with Crippen molar-refractivity contribution in [2.75, 3.05) is 0 Å². The molecule has 0 saturated heterocycles. The maximum Gasteiger partial charge on any atom is 0.416 e. The van der Waals surface area contributed by atoms with E-state index in [0.717, 1.165) is 35.4 Å². The Morgan fingerprint density at radius 3 is 2.14 bits per heavy atom. The highest BCUT2D eigenvalue weighted by Crippen LogP contribution is 2.36. The van der Waals surface area contributed by atoms with Crippen LogP contribution in [0.25, 0.3) is 11.3 Å². The summed E-state index contributed by atoms with van der Waals surface area (Å²) in [5.74, 6) is 0. The van der Waals surface area contributed by atoms with E-state index in [1.165, 1.54) is 12.1 Å². The standard InChI is InChI=1S/C16H19F3N2/c1-5-15(2,3)13-10-20-21(4)14(13)11-6-8-12(9-7-11)16(17,18)19/h6-10H,5H2,1-4H3. The lowest BCUT2D eigenvalue weighted by Crippen LogP contribution is -2.16. The molecule has 114 valence electrons. The second-order valence-corrected chi connectivity index (χ2v) is 5.84. The quantitative estimate of drug-likeness (QED) is 0.796. The molecule has 0 aliphatic heterocycles. The third-order valence-electron chi connectivity index (χ3n) is 4.04. The topological polar surface area (TPSA) is 17.8 Å². The summed E-state index contributed by atoms with van der Waals surface area (Å²) in [5.41, 5.74) is 1.96. The molecule has 2 aromatic rings. The summed E-state index contributed by atoms with van der Waals surface area (Å²) in [7, 11) is 1.81. The largest absolute Gasteiger partial charge is 0.416 e. The van der Waals surface area contributed by atoms with Crippen LogP contribution in [0.15, 0.2) is 30.5 Å². The Morgan fingerprint density at radius 2 is 1.67 bits per heavy atom. The fourth-order valence-corrected chi connectivity index (χ4v) is 2.28. The summed E-state index contributed by atoms with van der Waals surface area (Å²) in [4.78, 5) is 0. The number of alkyl halides is 3. The van der Waals surface area contributed by atoms with E-state index in [2.05, 4.69) is 25.9 Å². The first-order chi connectivity index (χ1) is 9.66. The van der Waals surface area contributed by atoms with Crippen LogP contribution in [0.2, 0.25) is 0 Å². The van der Waals surface area contributed by atoms with E-state index < -0.39 is 11.7 Å². The Bertz CT molecular complexity index is 622. The predicted octanol–water partition coefficient (Wildman–Crippen LogP) is 4.79. The molecule has 0 atom stereocenters. The average molecular weight is 296 g/mol. The molecule has 0 aliphatic carbocycles. The average Bonchev–Trinajstić information content (AvgIpc) is 2.80. The Kier molecular flexibility index (Phi) is 3.87. The minimum atomic E-state index is -4.31. The summed E-state index contributed by atoms with van der Waals surface area (Å²) in [6.07, 6.45) is -1.58. The van der Waals surface area contributed by atoms with Crippen molar-refractivity contribution in [3.8, 4) is 11.3 Å². The number of aromatic nitrogens is 2. The van der Waals surface area contributed by atoms with Gasteiger partial charge in [-0.15, -0.1) is 0 Å². The lowest BCUT2D eigenvalue weighted by molar-refractivity contribution is -0.137. The van der Waals surface area contributed by atoms with Crippen LogP contribution in [0.3, 0.4) is 0 Å². The molecule has 0 N–H and O–H groups in total. The minimum absolute atomic E-state index is 0.0771. The zero-order chi connectivity index (χ0) is 15.8. The van der Waals surface area contributed by atoms with Crippen molar-refractivity contribution in [3.05, 3.63) is 41.6 Å². The molecule has 0 saturated carbocycles. The zero-order valence-corrected chi connectivity index (χ0v) is 12.6. The van der Waals surface area contributed by atoms with E-state index in [0.29, 0.717) is 0 Å². The zero-order valence-electron chi connectivity index (χ0n) is 12.6. The molecule has 0 radical (unpaired) electrons. The first kappa shape index (κ1) is 15.6. The van der Waals surface area contributed by atoms with Crippen molar-refractivity contribution < 1.29 is 13.2 Å². The molecule has 0 aliphatic rings. The molecule has 2 rings (SSSR count). The first-order valence-electron chi connectivity index (χ1n) is 6.87. The molecule has 1 heterocycles. The summed E-state index contributed by atoms with van der Waals surface area (Å²) in [6, 6.07) is 5.25. The van der Waals surface area contributed by atoms with Crippen LogP contribution in [0.5, 0.6) is 0 Å². The van der Waals surface area contributed by atoms with Gasteiger partial charge in [-0.1, -0.05) is 32.9 Å². The van der Waals surface area contributed by atoms with Crippen molar-refractivity contribution >= 4 is 0 Å². The van der Waals surface area contributed by atoms with Gasteiger partial charge >= 0.3 is 6.18 Å². The number of hydrogen-bond acceptors (Lipinski definition) is 1. The van der Waals surface area contributed by atoms with Gasteiger partial charge in [0.1, 0.15) is 0 Å². The lowest BCUT2D eigenvalue weighted by Gasteiger charge is -2.23. The molecule has 0 amide bonds. The molecular weight excluding hydrogens is 277 g/mol. The molecule has 1 aromatic heterocycles. The van der Waals surface area contributed by atoms with Gasteiger partial charge in [0.15, 0.2) is 0 Å². The summed E-state index contributed by atoms with van der Waals surface area (Å²) >= 11 is 0. The molecular formula is C16H19F3N2. The summed E-state index contributed by atoms with van der Waals surface area (Å²) in [6.45, 7) is 6.30. The lowest BCUT2D eigenvalue weighted by atomic mass is 9.81. The number of nitrogens with zero attached hydrogens (tertiary/aromatic N) is 2. The van der Waals surface area contributed by atoms with Gasteiger partial charge in [-0.25, -0.2) is 0 Å². The number of halogens is 3. The number of aryl methyl sites for hydroxylation is 1. The van der Waals surface area contributed by atoms with Gasteiger partial charge in [-0.3, -0.25) is 4.68 Å². The minimum Gasteiger partial charge on any atom is -0.268 e. The second kappa shape index (κ2) is 5.20. The van der Waals surface area contributed by atoms with Gasteiger partial charge in [-0.05, 0) is 24.0 Å². The van der Waals surface area contributed by atoms with E-state index >= 15 is 0 Å². The molecule has 0 bridgehead atoms. The van der Waals surface area contributed by atoms with Crippen LogP contribution in [0, 0.1) is 0 Å². The van der Waals surface area contributed by atoms with Crippen LogP contribution in [-0.4, -0.2) is 9.78 Å². The van der Waals surface area contributed by atoms with Crippen molar-refractivity contribution in [1.82, 2.24) is 9.78 Å². The highest BCUT2D eigenvalue weighted by atomic mass is 19.4. The van der Waals surface area contributed by atoms with Crippen molar-refractivity contribution in [2.45, 2.75) is 38.8 Å². The van der Waals surface area contributed by atoms with Crippen molar-refractivity contribution in [2.24, 2.45) is 7.05 Å². The van der Waals surface area contributed by atoms with Gasteiger partial charge < -0.3 is 0 Å². The third-order valence-corrected chi connectivity index (χ3v) is 4.04. The van der Waals surface area contributed by atoms with Crippen LogP contribution in [0.1, 0.15) is 38.3 Å². The molecule has 21 heavy (non-hydrogen) atoms. The van der Waals surface area contributed by atoms with Crippen LogP contribution in [0.4, 0.5) is 13.2 Å². The Morgan fingerprint density at radius 1 is 1.10 bits per heavy atom. The SMILES string of the molecule is CCC(C)(C)c1cnn(C)c1-c1ccc(C(F)(F)F)cc1. The summed E-state index contributed by atoms with van der Waals surface area (Å²) in [5, 5.41) is 4.27. The first-order valence-corrected chi connectivity index (χ1v) is 6.87. The fourth-order valence-electron chi connectivity index (χ4n) is 2.28. The normalized spacial score (nSPS) is 12.7. The smallest absolute Gasteiger partial charge is 0.268 e.